The van der Waals surface area contributed by atoms with Gasteiger partial charge in [0.1, 0.15) is 0 Å². The van der Waals surface area contributed by atoms with Crippen LogP contribution < -0.4 is 5.32 Å². The summed E-state index contributed by atoms with van der Waals surface area (Å²) in [6, 6.07) is 16.2. The van der Waals surface area contributed by atoms with E-state index in [-0.39, 0.29) is 16.3 Å². The Labute approximate surface area is 192 Å². The lowest BCUT2D eigenvalue weighted by Crippen LogP contribution is -2.34. The monoisotopic (exact) mass is 460 g/mol. The van der Waals surface area contributed by atoms with Crippen molar-refractivity contribution < 1.29 is 13.2 Å². The van der Waals surface area contributed by atoms with E-state index < -0.39 is 9.84 Å². The van der Waals surface area contributed by atoms with Gasteiger partial charge in [-0.25, -0.2) is 8.42 Å². The summed E-state index contributed by atoms with van der Waals surface area (Å²) < 4.78 is 25.3. The van der Waals surface area contributed by atoms with Gasteiger partial charge in [-0.2, -0.15) is 0 Å². The summed E-state index contributed by atoms with van der Waals surface area (Å²) in [5.74, 6) is 0.568. The molecule has 7 nitrogen and oxygen atoms in total. The van der Waals surface area contributed by atoms with Crippen molar-refractivity contribution in [3.8, 4) is 22.5 Å². The van der Waals surface area contributed by atoms with Crippen molar-refractivity contribution in [1.82, 2.24) is 19.9 Å². The highest BCUT2D eigenvalue weighted by Crippen LogP contribution is 2.35. The summed E-state index contributed by atoms with van der Waals surface area (Å²) in [6.45, 7) is 4.08. The summed E-state index contributed by atoms with van der Waals surface area (Å²) in [4.78, 5) is 12.9. The van der Waals surface area contributed by atoms with E-state index in [1.807, 2.05) is 47.9 Å². The highest BCUT2D eigenvalue weighted by Gasteiger charge is 2.38. The molecule has 2 aromatic heterocycles. The first-order chi connectivity index (χ1) is 15.6. The minimum Gasteiger partial charge on any atom is -0.347 e. The van der Waals surface area contributed by atoms with E-state index >= 15 is 0 Å². The SMILES string of the molecule is Cc1ccc(C(=O)NC2(C)CC2)cc1-c1ccn2c(-c3ccc(S(C)(=O)=O)cc3)nnc2c1. The first-order valence-electron chi connectivity index (χ1n) is 10.7. The second-order valence-corrected chi connectivity index (χ2v) is 11.0. The Bertz CT molecular complexity index is 1500. The van der Waals surface area contributed by atoms with Crippen LogP contribution in [0.3, 0.4) is 0 Å². The molecule has 8 heteroatoms. The molecular formula is C25H24N4O3S. The van der Waals surface area contributed by atoms with Gasteiger partial charge in [0.15, 0.2) is 21.3 Å². The number of carbonyl (C=O) groups is 1. The molecule has 1 N–H and O–H groups in total. The third-order valence-corrected chi connectivity index (χ3v) is 7.31. The van der Waals surface area contributed by atoms with Crippen LogP contribution in [-0.2, 0) is 9.84 Å². The third kappa shape index (κ3) is 4.14. The van der Waals surface area contributed by atoms with Gasteiger partial charge in [0.25, 0.3) is 5.91 Å². The largest absolute Gasteiger partial charge is 0.347 e. The maximum absolute atomic E-state index is 12.7. The summed E-state index contributed by atoms with van der Waals surface area (Å²) in [6.07, 6.45) is 5.10. The smallest absolute Gasteiger partial charge is 0.251 e. The molecule has 168 valence electrons. The topological polar surface area (TPSA) is 93.4 Å². The number of aromatic nitrogens is 3. The predicted molar refractivity (Wildman–Crippen MR) is 127 cm³/mol. The number of sulfone groups is 1. The lowest BCUT2D eigenvalue weighted by Gasteiger charge is -2.13. The number of carbonyl (C=O) groups excluding carboxylic acids is 1. The van der Waals surface area contributed by atoms with Crippen molar-refractivity contribution in [3.63, 3.8) is 0 Å². The molecule has 4 aromatic rings. The first kappa shape index (κ1) is 21.3. The van der Waals surface area contributed by atoms with E-state index in [9.17, 15) is 13.2 Å². The molecule has 0 radical (unpaired) electrons. The number of amides is 1. The molecule has 0 saturated heterocycles. The van der Waals surface area contributed by atoms with Crippen LogP contribution in [0.5, 0.6) is 0 Å². The van der Waals surface area contributed by atoms with E-state index in [1.165, 1.54) is 6.26 Å². The van der Waals surface area contributed by atoms with Crippen LogP contribution in [-0.4, -0.2) is 40.7 Å². The van der Waals surface area contributed by atoms with Gasteiger partial charge in [-0.3, -0.25) is 9.20 Å². The van der Waals surface area contributed by atoms with Crippen molar-refractivity contribution >= 4 is 21.4 Å². The van der Waals surface area contributed by atoms with Crippen molar-refractivity contribution in [2.24, 2.45) is 0 Å². The highest BCUT2D eigenvalue weighted by atomic mass is 32.2. The van der Waals surface area contributed by atoms with E-state index in [4.69, 9.17) is 0 Å². The van der Waals surface area contributed by atoms with Crippen LogP contribution in [0.2, 0.25) is 0 Å². The average Bonchev–Trinajstić information content (AvgIpc) is 3.35. The Hall–Kier alpha value is -3.52. The maximum Gasteiger partial charge on any atom is 0.251 e. The van der Waals surface area contributed by atoms with Crippen LogP contribution in [0.15, 0.2) is 65.7 Å². The number of hydrogen-bond acceptors (Lipinski definition) is 5. The van der Waals surface area contributed by atoms with E-state index in [1.54, 1.807) is 24.3 Å². The minimum absolute atomic E-state index is 0.0559. The van der Waals surface area contributed by atoms with Crippen LogP contribution in [0, 0.1) is 6.92 Å². The fourth-order valence-corrected chi connectivity index (χ4v) is 4.47. The summed E-state index contributed by atoms with van der Waals surface area (Å²) in [5.41, 5.74) is 4.96. The molecule has 33 heavy (non-hydrogen) atoms. The Kier molecular flexibility index (Phi) is 4.86. The van der Waals surface area contributed by atoms with Gasteiger partial charge in [-0.05, 0) is 91.9 Å². The highest BCUT2D eigenvalue weighted by molar-refractivity contribution is 7.90. The van der Waals surface area contributed by atoms with Gasteiger partial charge in [0.05, 0.1) is 4.90 Å². The fraction of sp³-hybridized carbons (Fsp3) is 0.240. The predicted octanol–water partition coefficient (Wildman–Crippen LogP) is 4.06. The second-order valence-electron chi connectivity index (χ2n) is 9.01. The quantitative estimate of drug-likeness (QED) is 0.485. The summed E-state index contributed by atoms with van der Waals surface area (Å²) >= 11 is 0. The van der Waals surface area contributed by atoms with Crippen molar-refractivity contribution in [1.29, 1.82) is 0 Å². The molecule has 1 saturated carbocycles. The van der Waals surface area contributed by atoms with Crippen molar-refractivity contribution in [3.05, 3.63) is 71.9 Å². The van der Waals surface area contributed by atoms with E-state index in [0.29, 0.717) is 17.0 Å². The van der Waals surface area contributed by atoms with Crippen LogP contribution in [0.1, 0.15) is 35.7 Å². The Balaban J connectivity index is 1.49. The molecule has 1 aliphatic carbocycles. The molecule has 1 amide bonds. The number of hydrogen-bond donors (Lipinski definition) is 1. The Morgan fingerprint density at radius 2 is 1.73 bits per heavy atom. The van der Waals surface area contributed by atoms with Gasteiger partial charge >= 0.3 is 0 Å². The maximum atomic E-state index is 12.7. The number of benzene rings is 2. The number of pyridine rings is 1. The number of fused-ring (bicyclic) bond motifs is 1. The Morgan fingerprint density at radius 1 is 1.00 bits per heavy atom. The van der Waals surface area contributed by atoms with E-state index in [2.05, 4.69) is 22.4 Å². The molecule has 0 bridgehead atoms. The molecule has 0 atom stereocenters. The number of aryl methyl sites for hydroxylation is 1. The van der Waals surface area contributed by atoms with Crippen LogP contribution in [0.25, 0.3) is 28.2 Å². The first-order valence-corrected chi connectivity index (χ1v) is 12.6. The number of nitrogens with zero attached hydrogens (tertiary/aromatic N) is 3. The van der Waals surface area contributed by atoms with Gasteiger partial charge in [0.2, 0.25) is 0 Å². The minimum atomic E-state index is -3.26. The molecule has 2 aromatic carbocycles. The van der Waals surface area contributed by atoms with Gasteiger partial charge < -0.3 is 5.32 Å². The normalized spacial score (nSPS) is 14.9. The zero-order chi connectivity index (χ0) is 23.4. The third-order valence-electron chi connectivity index (χ3n) is 6.18. The molecular weight excluding hydrogens is 436 g/mol. The zero-order valence-corrected chi connectivity index (χ0v) is 19.5. The van der Waals surface area contributed by atoms with Crippen LogP contribution in [0.4, 0.5) is 0 Å². The molecule has 0 spiro atoms. The molecule has 5 rings (SSSR count). The average molecular weight is 461 g/mol. The zero-order valence-electron chi connectivity index (χ0n) is 18.7. The number of rotatable bonds is 5. The van der Waals surface area contributed by atoms with Gasteiger partial charge in [-0.1, -0.05) is 6.07 Å². The summed E-state index contributed by atoms with van der Waals surface area (Å²) in [5, 5.41) is 11.7. The molecule has 0 unspecified atom stereocenters. The number of nitrogens with one attached hydrogen (secondary N) is 1. The molecule has 1 fully saturated rings. The lowest BCUT2D eigenvalue weighted by atomic mass is 9.98. The molecule has 2 heterocycles. The second kappa shape index (κ2) is 7.52. The Morgan fingerprint density at radius 3 is 2.39 bits per heavy atom. The van der Waals surface area contributed by atoms with Gasteiger partial charge in [-0.15, -0.1) is 10.2 Å². The van der Waals surface area contributed by atoms with Crippen molar-refractivity contribution in [2.45, 2.75) is 37.1 Å². The lowest BCUT2D eigenvalue weighted by molar-refractivity contribution is 0.0935. The van der Waals surface area contributed by atoms with E-state index in [0.717, 1.165) is 35.1 Å². The molecule has 0 aliphatic heterocycles. The van der Waals surface area contributed by atoms with Gasteiger partial charge in [0, 0.05) is 29.1 Å². The standard InChI is InChI=1S/C25H24N4O3S/c1-16-4-5-19(24(30)26-25(2)11-12-25)14-21(16)18-10-13-29-22(15-18)27-28-23(29)17-6-8-20(9-7-17)33(3,31)32/h4-10,13-15H,11-12H2,1-3H3,(H,26,30). The fourth-order valence-electron chi connectivity index (χ4n) is 3.84. The van der Waals surface area contributed by atoms with Crippen LogP contribution >= 0.6 is 0 Å². The summed E-state index contributed by atoms with van der Waals surface area (Å²) in [7, 11) is -3.26. The molecule has 1 aliphatic rings. The van der Waals surface area contributed by atoms with Crippen molar-refractivity contribution in [2.75, 3.05) is 6.26 Å².